The molecule has 0 saturated heterocycles. The van der Waals surface area contributed by atoms with Crippen LogP contribution >= 0.6 is 15.9 Å². The average Bonchev–Trinajstić information content (AvgIpc) is 2.50. The number of nitrogens with zero attached hydrogens (tertiary/aromatic N) is 1. The summed E-state index contributed by atoms with van der Waals surface area (Å²) in [5, 5.41) is 2.90. The van der Waals surface area contributed by atoms with E-state index in [-0.39, 0.29) is 18.3 Å². The predicted octanol–water partition coefficient (Wildman–Crippen LogP) is 1.28. The van der Waals surface area contributed by atoms with Crippen LogP contribution in [0.2, 0.25) is 0 Å². The van der Waals surface area contributed by atoms with Crippen molar-refractivity contribution in [3.8, 4) is 0 Å². The van der Waals surface area contributed by atoms with Crippen LogP contribution in [0, 0.1) is 0 Å². The summed E-state index contributed by atoms with van der Waals surface area (Å²) in [5.74, 6) is 0.573. The number of carbonyl (C=O) groups is 1. The maximum atomic E-state index is 12.1. The zero-order valence-electron chi connectivity index (χ0n) is 13.4. The molecule has 0 fully saturated rings. The third-order valence-corrected chi connectivity index (χ3v) is 4.30. The molecule has 0 saturated carbocycles. The van der Waals surface area contributed by atoms with Crippen LogP contribution in [0.25, 0.3) is 0 Å². The van der Waals surface area contributed by atoms with Gasteiger partial charge in [-0.25, -0.2) is 0 Å². The summed E-state index contributed by atoms with van der Waals surface area (Å²) < 4.78 is 2.85. The molecule has 2 rings (SSSR count). The Bertz CT molecular complexity index is 627. The monoisotopic (exact) mass is 396 g/mol. The molecular weight excluding hydrogens is 376 g/mol. The third kappa shape index (κ3) is 5.96. The summed E-state index contributed by atoms with van der Waals surface area (Å²) in [5.41, 5.74) is 2.14. The topological polar surface area (TPSA) is 33.0 Å². The van der Waals surface area contributed by atoms with Gasteiger partial charge in [0.1, 0.15) is 0 Å². The molecule has 0 aliphatic carbocycles. The minimum absolute atomic E-state index is 0. The summed E-state index contributed by atoms with van der Waals surface area (Å²) in [6.07, 6.45) is 6.25. The second-order valence-electron chi connectivity index (χ2n) is 5.38. The van der Waals surface area contributed by atoms with E-state index in [1.54, 1.807) is 0 Å². The maximum absolute atomic E-state index is 12.1. The van der Waals surface area contributed by atoms with Crippen molar-refractivity contribution in [1.29, 1.82) is 0 Å². The van der Waals surface area contributed by atoms with Crippen LogP contribution in [-0.2, 0) is 11.3 Å². The molecule has 1 N–H and O–H groups in total. The molecule has 1 aromatic carbocycles. The van der Waals surface area contributed by atoms with Gasteiger partial charge in [-0.3, -0.25) is 4.79 Å². The highest BCUT2D eigenvalue weighted by Crippen LogP contribution is 2.21. The van der Waals surface area contributed by atoms with Crippen molar-refractivity contribution >= 4 is 27.5 Å². The fourth-order valence-corrected chi connectivity index (χ4v) is 2.94. The number of halogens is 2. The Kier molecular flexibility index (Phi) is 8.28. The first-order chi connectivity index (χ1) is 10.6. The number of amides is 1. The SMILES string of the molecule is CCC(CC)c1cc[n+](CC(=O)Nc2cccc(Br)c2)cc1.[Cl-]. The molecule has 5 heteroatoms. The van der Waals surface area contributed by atoms with Crippen molar-refractivity contribution in [2.45, 2.75) is 39.2 Å². The standard InChI is InChI=1S/C18H21BrN2O.ClH/c1-3-14(4-2)15-8-10-21(11-9-15)13-18(22)20-17-7-5-6-16(19)12-17;/h5-12,14H,3-4,13H2,1-2H3;1H. The highest BCUT2D eigenvalue weighted by molar-refractivity contribution is 9.10. The van der Waals surface area contributed by atoms with E-state index < -0.39 is 0 Å². The van der Waals surface area contributed by atoms with Crippen molar-refractivity contribution in [2.75, 3.05) is 5.32 Å². The minimum atomic E-state index is -0.0293. The molecule has 124 valence electrons. The number of anilines is 1. The molecule has 0 aliphatic rings. The Morgan fingerprint density at radius 3 is 2.39 bits per heavy atom. The zero-order chi connectivity index (χ0) is 15.9. The predicted molar refractivity (Wildman–Crippen MR) is 92.7 cm³/mol. The van der Waals surface area contributed by atoms with Gasteiger partial charge in [0.05, 0.1) is 0 Å². The van der Waals surface area contributed by atoms with Gasteiger partial charge < -0.3 is 17.7 Å². The van der Waals surface area contributed by atoms with Gasteiger partial charge in [-0.15, -0.1) is 0 Å². The van der Waals surface area contributed by atoms with Gasteiger partial charge in [-0.2, -0.15) is 4.57 Å². The molecule has 1 amide bonds. The summed E-state index contributed by atoms with van der Waals surface area (Å²) in [7, 11) is 0. The lowest BCUT2D eigenvalue weighted by atomic mass is 9.95. The maximum Gasteiger partial charge on any atom is 0.290 e. The van der Waals surface area contributed by atoms with Gasteiger partial charge in [-0.05, 0) is 42.5 Å². The van der Waals surface area contributed by atoms with Crippen molar-refractivity contribution in [3.63, 3.8) is 0 Å². The van der Waals surface area contributed by atoms with E-state index in [1.807, 2.05) is 41.2 Å². The molecule has 0 bridgehead atoms. The number of benzene rings is 1. The zero-order valence-corrected chi connectivity index (χ0v) is 15.8. The van der Waals surface area contributed by atoms with Crippen LogP contribution in [0.1, 0.15) is 38.2 Å². The number of hydrogen-bond donors (Lipinski definition) is 1. The number of pyridine rings is 1. The van der Waals surface area contributed by atoms with Crippen molar-refractivity contribution in [3.05, 3.63) is 58.8 Å². The minimum Gasteiger partial charge on any atom is -1.00 e. The first-order valence-electron chi connectivity index (χ1n) is 7.66. The van der Waals surface area contributed by atoms with Gasteiger partial charge >= 0.3 is 0 Å². The van der Waals surface area contributed by atoms with Crippen LogP contribution in [-0.4, -0.2) is 5.91 Å². The lowest BCUT2D eigenvalue weighted by molar-refractivity contribution is -0.684. The summed E-state index contributed by atoms with van der Waals surface area (Å²) in [6, 6.07) is 11.8. The van der Waals surface area contributed by atoms with E-state index in [1.165, 1.54) is 5.56 Å². The smallest absolute Gasteiger partial charge is 0.290 e. The van der Waals surface area contributed by atoms with E-state index in [0.29, 0.717) is 12.5 Å². The fourth-order valence-electron chi connectivity index (χ4n) is 2.54. The number of aromatic nitrogens is 1. The number of hydrogen-bond acceptors (Lipinski definition) is 1. The summed E-state index contributed by atoms with van der Waals surface area (Å²) in [4.78, 5) is 12.1. The second-order valence-corrected chi connectivity index (χ2v) is 6.29. The van der Waals surface area contributed by atoms with Crippen LogP contribution < -0.4 is 22.3 Å². The Morgan fingerprint density at radius 2 is 1.83 bits per heavy atom. The molecule has 0 atom stereocenters. The first-order valence-corrected chi connectivity index (χ1v) is 8.46. The van der Waals surface area contributed by atoms with E-state index >= 15 is 0 Å². The molecule has 0 spiro atoms. The Hall–Kier alpha value is -1.39. The van der Waals surface area contributed by atoms with Gasteiger partial charge in [-0.1, -0.05) is 35.8 Å². The van der Waals surface area contributed by atoms with Crippen LogP contribution in [0.4, 0.5) is 5.69 Å². The lowest BCUT2D eigenvalue weighted by Gasteiger charge is -2.11. The molecule has 0 aliphatic heterocycles. The van der Waals surface area contributed by atoms with Crippen molar-refractivity contribution in [1.82, 2.24) is 0 Å². The van der Waals surface area contributed by atoms with E-state index in [9.17, 15) is 4.79 Å². The molecule has 3 nitrogen and oxygen atoms in total. The quantitative estimate of drug-likeness (QED) is 0.732. The molecule has 2 aromatic rings. The van der Waals surface area contributed by atoms with Crippen LogP contribution in [0.15, 0.2) is 53.3 Å². The highest BCUT2D eigenvalue weighted by Gasteiger charge is 2.12. The third-order valence-electron chi connectivity index (χ3n) is 3.81. The van der Waals surface area contributed by atoms with E-state index in [0.717, 1.165) is 23.0 Å². The van der Waals surface area contributed by atoms with E-state index in [2.05, 4.69) is 47.2 Å². The van der Waals surface area contributed by atoms with E-state index in [4.69, 9.17) is 0 Å². The lowest BCUT2D eigenvalue weighted by Crippen LogP contribution is -3.00. The Labute approximate surface area is 152 Å². The Balaban J connectivity index is 0.00000264. The average molecular weight is 398 g/mol. The summed E-state index contributed by atoms with van der Waals surface area (Å²) >= 11 is 3.40. The molecule has 23 heavy (non-hydrogen) atoms. The molecule has 0 unspecified atom stereocenters. The van der Waals surface area contributed by atoms with Crippen molar-refractivity contribution in [2.24, 2.45) is 0 Å². The van der Waals surface area contributed by atoms with Crippen LogP contribution in [0.3, 0.4) is 0 Å². The van der Waals surface area contributed by atoms with Gasteiger partial charge in [0.15, 0.2) is 12.4 Å². The number of nitrogens with one attached hydrogen (secondary N) is 1. The van der Waals surface area contributed by atoms with Gasteiger partial charge in [0, 0.05) is 22.3 Å². The molecule has 0 radical (unpaired) electrons. The van der Waals surface area contributed by atoms with Gasteiger partial charge in [0.2, 0.25) is 6.54 Å². The van der Waals surface area contributed by atoms with Crippen LogP contribution in [0.5, 0.6) is 0 Å². The fraction of sp³-hybridized carbons (Fsp3) is 0.333. The highest BCUT2D eigenvalue weighted by atomic mass is 79.9. The number of rotatable bonds is 6. The Morgan fingerprint density at radius 1 is 1.17 bits per heavy atom. The molecule has 1 heterocycles. The molecular formula is C18H22BrClN2O. The summed E-state index contributed by atoms with van der Waals surface area (Å²) in [6.45, 7) is 4.73. The number of carbonyl (C=O) groups excluding carboxylic acids is 1. The largest absolute Gasteiger partial charge is 1.00 e. The molecule has 1 aromatic heterocycles. The first kappa shape index (κ1) is 19.7. The second kappa shape index (κ2) is 9.68. The van der Waals surface area contributed by atoms with Gasteiger partial charge in [0.25, 0.3) is 5.91 Å². The van der Waals surface area contributed by atoms with Crippen molar-refractivity contribution < 1.29 is 21.8 Å². The normalized spacial score (nSPS) is 10.3.